The van der Waals surface area contributed by atoms with Crippen LogP contribution in [0.25, 0.3) is 0 Å². The molecular formula is C22H28N2O3S. The summed E-state index contributed by atoms with van der Waals surface area (Å²) in [6.45, 7) is 8.73. The van der Waals surface area contributed by atoms with Gasteiger partial charge in [0.05, 0.1) is 11.7 Å². The Kier molecular flexibility index (Phi) is 6.33. The number of carbonyl (C=O) groups is 1. The lowest BCUT2D eigenvalue weighted by Gasteiger charge is -2.26. The summed E-state index contributed by atoms with van der Waals surface area (Å²) < 4.78 is 20.7. The number of rotatable bonds is 5. The molecule has 0 bridgehead atoms. The molecule has 0 saturated heterocycles. The maximum absolute atomic E-state index is 12.5. The van der Waals surface area contributed by atoms with Gasteiger partial charge in [-0.15, -0.1) is 4.72 Å². The highest BCUT2D eigenvalue weighted by Gasteiger charge is 2.30. The Balaban J connectivity index is 1.64. The van der Waals surface area contributed by atoms with E-state index < -0.39 is 11.4 Å². The molecule has 6 heteroatoms. The van der Waals surface area contributed by atoms with Gasteiger partial charge in [0.2, 0.25) is 0 Å². The van der Waals surface area contributed by atoms with E-state index in [4.69, 9.17) is 4.74 Å². The van der Waals surface area contributed by atoms with Gasteiger partial charge < -0.3 is 9.29 Å². The maximum atomic E-state index is 12.5. The van der Waals surface area contributed by atoms with E-state index in [1.807, 2.05) is 70.2 Å². The van der Waals surface area contributed by atoms with Crippen molar-refractivity contribution in [1.82, 2.24) is 4.72 Å². The van der Waals surface area contributed by atoms with Crippen LogP contribution in [0.3, 0.4) is 0 Å². The van der Waals surface area contributed by atoms with Crippen LogP contribution in [0.2, 0.25) is 0 Å². The smallest absolute Gasteiger partial charge is 0.414 e. The fourth-order valence-corrected chi connectivity index (χ4v) is 3.89. The van der Waals surface area contributed by atoms with Crippen LogP contribution in [0.4, 0.5) is 10.5 Å². The number of nitrogens with zero attached hydrogens (tertiary/aromatic N) is 1. The third-order valence-electron chi connectivity index (χ3n) is 4.76. The maximum Gasteiger partial charge on any atom is 0.414 e. The van der Waals surface area contributed by atoms with Crippen LogP contribution in [0.1, 0.15) is 50.4 Å². The van der Waals surface area contributed by atoms with Crippen molar-refractivity contribution in [2.75, 3.05) is 11.4 Å². The lowest BCUT2D eigenvalue weighted by atomic mass is 10.0. The van der Waals surface area contributed by atoms with E-state index in [1.54, 1.807) is 4.90 Å². The van der Waals surface area contributed by atoms with Crippen molar-refractivity contribution in [1.29, 1.82) is 0 Å². The number of carbonyl (C=O) groups excluding carboxylic acids is 1. The molecule has 1 aliphatic heterocycles. The molecule has 0 spiro atoms. The Morgan fingerprint density at radius 2 is 1.96 bits per heavy atom. The molecule has 0 radical (unpaired) electrons. The minimum absolute atomic E-state index is 0.0376. The molecule has 1 amide bonds. The number of ether oxygens (including phenoxy) is 1. The third-order valence-corrected chi connectivity index (χ3v) is 6.44. The lowest BCUT2D eigenvalue weighted by Crippen LogP contribution is -2.40. The van der Waals surface area contributed by atoms with Gasteiger partial charge in [0, 0.05) is 17.9 Å². The van der Waals surface area contributed by atoms with E-state index in [2.05, 4.69) is 10.8 Å². The second-order valence-electron chi connectivity index (χ2n) is 8.05. The summed E-state index contributed by atoms with van der Waals surface area (Å²) in [7, 11) is 0. The SMILES string of the molecule is C[C@@H](N[S+]([O-])C(C)(C)C)c1ccc2c(c1)CCN2C(=O)OCc1ccccc1. The Morgan fingerprint density at radius 1 is 1.25 bits per heavy atom. The van der Waals surface area contributed by atoms with E-state index in [0.717, 1.165) is 28.8 Å². The standard InChI is InChI=1S/C22H28N2O3S/c1-16(23-28(26)22(2,3)4)18-10-11-20-19(14-18)12-13-24(20)21(25)27-15-17-8-6-5-7-9-17/h5-11,14,16,23H,12-13,15H2,1-4H3/t16-,28?/m1/s1. The van der Waals surface area contributed by atoms with Crippen LogP contribution in [-0.4, -0.2) is 21.9 Å². The number of hydrogen-bond acceptors (Lipinski definition) is 4. The molecule has 0 aromatic heterocycles. The van der Waals surface area contributed by atoms with Crippen LogP contribution in [-0.2, 0) is 29.1 Å². The second kappa shape index (κ2) is 8.55. The monoisotopic (exact) mass is 400 g/mol. The first-order chi connectivity index (χ1) is 13.3. The van der Waals surface area contributed by atoms with E-state index in [9.17, 15) is 9.35 Å². The summed E-state index contributed by atoms with van der Waals surface area (Å²) in [6.07, 6.45) is 0.467. The van der Waals surface area contributed by atoms with Gasteiger partial charge in [0.1, 0.15) is 11.4 Å². The summed E-state index contributed by atoms with van der Waals surface area (Å²) in [4.78, 5) is 14.2. The van der Waals surface area contributed by atoms with Gasteiger partial charge in [0.25, 0.3) is 0 Å². The molecule has 1 aliphatic rings. The molecule has 150 valence electrons. The second-order valence-corrected chi connectivity index (χ2v) is 10.0. The molecule has 2 aromatic carbocycles. The third kappa shape index (κ3) is 4.87. The van der Waals surface area contributed by atoms with E-state index in [1.165, 1.54) is 0 Å². The van der Waals surface area contributed by atoms with Crippen LogP contribution >= 0.6 is 0 Å². The highest BCUT2D eigenvalue weighted by molar-refractivity contribution is 7.90. The van der Waals surface area contributed by atoms with Gasteiger partial charge in [-0.1, -0.05) is 42.5 Å². The predicted molar refractivity (Wildman–Crippen MR) is 114 cm³/mol. The highest BCUT2D eigenvalue weighted by atomic mass is 32.2. The van der Waals surface area contributed by atoms with Crippen LogP contribution < -0.4 is 9.62 Å². The molecule has 0 fully saturated rings. The van der Waals surface area contributed by atoms with E-state index in [0.29, 0.717) is 6.54 Å². The molecule has 1 heterocycles. The number of fused-ring (bicyclic) bond motifs is 1. The van der Waals surface area contributed by atoms with Gasteiger partial charge in [-0.3, -0.25) is 4.90 Å². The highest BCUT2D eigenvalue weighted by Crippen LogP contribution is 2.31. The molecule has 5 nitrogen and oxygen atoms in total. The summed E-state index contributed by atoms with van der Waals surface area (Å²) in [5.74, 6) is 0. The molecule has 0 aliphatic carbocycles. The van der Waals surface area contributed by atoms with Crippen molar-refractivity contribution in [2.24, 2.45) is 0 Å². The fourth-order valence-electron chi connectivity index (χ4n) is 3.08. The van der Waals surface area contributed by atoms with Crippen molar-refractivity contribution >= 4 is 23.1 Å². The largest absolute Gasteiger partial charge is 0.598 e. The molecule has 28 heavy (non-hydrogen) atoms. The molecule has 1 N–H and O–H groups in total. The zero-order valence-electron chi connectivity index (χ0n) is 16.9. The molecule has 0 saturated carbocycles. The summed E-state index contributed by atoms with van der Waals surface area (Å²) in [6, 6.07) is 15.7. The minimum Gasteiger partial charge on any atom is -0.598 e. The molecule has 3 rings (SSSR count). The van der Waals surface area contributed by atoms with Gasteiger partial charge in [-0.2, -0.15) is 0 Å². The number of hydrogen-bond donors (Lipinski definition) is 1. The van der Waals surface area contributed by atoms with Crippen molar-refractivity contribution < 1.29 is 14.1 Å². The Labute approximate surface area is 170 Å². The first kappa shape index (κ1) is 20.7. The van der Waals surface area contributed by atoms with E-state index >= 15 is 0 Å². The number of nitrogens with one attached hydrogen (secondary N) is 1. The number of anilines is 1. The summed E-state index contributed by atoms with van der Waals surface area (Å²) >= 11 is -1.14. The van der Waals surface area contributed by atoms with E-state index in [-0.39, 0.29) is 23.5 Å². The molecule has 2 atom stereocenters. The van der Waals surface area contributed by atoms with Crippen molar-refractivity contribution in [3.05, 3.63) is 65.2 Å². The van der Waals surface area contributed by atoms with Crippen LogP contribution in [0.15, 0.2) is 48.5 Å². The molecule has 2 aromatic rings. The zero-order chi connectivity index (χ0) is 20.3. The predicted octanol–water partition coefficient (Wildman–Crippen LogP) is 4.50. The first-order valence-corrected chi connectivity index (χ1v) is 10.7. The summed E-state index contributed by atoms with van der Waals surface area (Å²) in [5, 5.41) is 0. The fraction of sp³-hybridized carbons (Fsp3) is 0.409. The van der Waals surface area contributed by atoms with Gasteiger partial charge in [0.15, 0.2) is 0 Å². The zero-order valence-corrected chi connectivity index (χ0v) is 17.7. The molecular weight excluding hydrogens is 372 g/mol. The van der Waals surface area contributed by atoms with Crippen LogP contribution in [0, 0.1) is 0 Å². The Hall–Kier alpha value is -2.02. The van der Waals surface area contributed by atoms with Crippen molar-refractivity contribution in [3.63, 3.8) is 0 Å². The number of amides is 1. The minimum atomic E-state index is -1.14. The Morgan fingerprint density at radius 3 is 2.64 bits per heavy atom. The van der Waals surface area contributed by atoms with Gasteiger partial charge >= 0.3 is 6.09 Å². The van der Waals surface area contributed by atoms with Crippen molar-refractivity contribution in [3.8, 4) is 0 Å². The summed E-state index contributed by atoms with van der Waals surface area (Å²) in [5.41, 5.74) is 4.04. The topological polar surface area (TPSA) is 64.6 Å². The quantitative estimate of drug-likeness (QED) is 0.751. The van der Waals surface area contributed by atoms with Crippen molar-refractivity contribution in [2.45, 2.75) is 51.5 Å². The van der Waals surface area contributed by atoms with Gasteiger partial charge in [-0.05, 0) is 56.9 Å². The van der Waals surface area contributed by atoms with Gasteiger partial charge in [-0.25, -0.2) is 4.79 Å². The normalized spacial score (nSPS) is 15.8. The molecule has 1 unspecified atom stereocenters. The Bertz CT molecular complexity index is 820. The first-order valence-electron chi connectivity index (χ1n) is 9.55. The van der Waals surface area contributed by atoms with Crippen LogP contribution in [0.5, 0.6) is 0 Å². The average Bonchev–Trinajstić information content (AvgIpc) is 3.09. The lowest BCUT2D eigenvalue weighted by molar-refractivity contribution is 0.147. The average molecular weight is 401 g/mol. The number of benzene rings is 2.